The summed E-state index contributed by atoms with van der Waals surface area (Å²) in [4.78, 5) is 11.7. The molecule has 1 fully saturated rings. The molecule has 0 aromatic heterocycles. The van der Waals surface area contributed by atoms with Crippen molar-refractivity contribution >= 4 is 11.7 Å². The normalized spacial score (nSPS) is 18.7. The standard InChI is InChI=1S/C14H19NO3/c1-10-3-4-13(12(7-10)14(16)17-2)15-8-11-5-6-18-9-11/h3-4,7,11,15H,5-6,8-9H2,1-2H3. The molecule has 1 saturated heterocycles. The summed E-state index contributed by atoms with van der Waals surface area (Å²) < 4.78 is 10.1. The summed E-state index contributed by atoms with van der Waals surface area (Å²) in [5, 5.41) is 3.32. The molecule has 0 aliphatic carbocycles. The summed E-state index contributed by atoms with van der Waals surface area (Å²) in [5.74, 6) is 0.223. The number of carbonyl (C=O) groups excluding carboxylic acids is 1. The lowest BCUT2D eigenvalue weighted by atomic mass is 10.1. The monoisotopic (exact) mass is 249 g/mol. The quantitative estimate of drug-likeness (QED) is 0.831. The fourth-order valence-electron chi connectivity index (χ4n) is 2.09. The van der Waals surface area contributed by atoms with Gasteiger partial charge in [-0.05, 0) is 25.5 Å². The average molecular weight is 249 g/mol. The molecule has 1 aromatic rings. The highest BCUT2D eigenvalue weighted by atomic mass is 16.5. The van der Waals surface area contributed by atoms with Crippen LogP contribution in [0.2, 0.25) is 0 Å². The van der Waals surface area contributed by atoms with E-state index in [1.807, 2.05) is 25.1 Å². The Kier molecular flexibility index (Phi) is 4.20. The Morgan fingerprint density at radius 2 is 2.39 bits per heavy atom. The van der Waals surface area contributed by atoms with Gasteiger partial charge in [-0.25, -0.2) is 4.79 Å². The highest BCUT2D eigenvalue weighted by Gasteiger charge is 2.17. The Morgan fingerprint density at radius 1 is 1.56 bits per heavy atom. The minimum absolute atomic E-state index is 0.302. The van der Waals surface area contributed by atoms with E-state index in [2.05, 4.69) is 5.32 Å². The first kappa shape index (κ1) is 12.9. The molecule has 0 amide bonds. The van der Waals surface area contributed by atoms with Gasteiger partial charge < -0.3 is 14.8 Å². The first-order valence-corrected chi connectivity index (χ1v) is 6.21. The predicted molar refractivity (Wildman–Crippen MR) is 69.9 cm³/mol. The molecule has 98 valence electrons. The highest BCUT2D eigenvalue weighted by molar-refractivity contribution is 5.95. The molecule has 1 N–H and O–H groups in total. The topological polar surface area (TPSA) is 47.6 Å². The number of nitrogens with one attached hydrogen (secondary N) is 1. The molecule has 0 bridgehead atoms. The molecule has 0 spiro atoms. The summed E-state index contributed by atoms with van der Waals surface area (Å²) >= 11 is 0. The molecule has 1 atom stereocenters. The number of hydrogen-bond acceptors (Lipinski definition) is 4. The fourth-order valence-corrected chi connectivity index (χ4v) is 2.09. The Balaban J connectivity index is 2.08. The van der Waals surface area contributed by atoms with Crippen LogP contribution in [0.3, 0.4) is 0 Å². The van der Waals surface area contributed by atoms with Crippen LogP contribution in [0.25, 0.3) is 0 Å². The lowest BCUT2D eigenvalue weighted by Crippen LogP contribution is -2.16. The van der Waals surface area contributed by atoms with Crippen molar-refractivity contribution in [2.45, 2.75) is 13.3 Å². The second-order valence-electron chi connectivity index (χ2n) is 4.65. The van der Waals surface area contributed by atoms with Crippen LogP contribution in [-0.4, -0.2) is 32.8 Å². The number of benzene rings is 1. The molecular formula is C14H19NO3. The zero-order valence-electron chi connectivity index (χ0n) is 10.9. The van der Waals surface area contributed by atoms with Gasteiger partial charge in [-0.3, -0.25) is 0 Å². The zero-order chi connectivity index (χ0) is 13.0. The molecule has 0 radical (unpaired) electrons. The van der Waals surface area contributed by atoms with E-state index in [9.17, 15) is 4.79 Å². The summed E-state index contributed by atoms with van der Waals surface area (Å²) in [6.07, 6.45) is 1.08. The molecule has 1 unspecified atom stereocenters. The van der Waals surface area contributed by atoms with Gasteiger partial charge >= 0.3 is 5.97 Å². The maximum Gasteiger partial charge on any atom is 0.339 e. The molecule has 18 heavy (non-hydrogen) atoms. The van der Waals surface area contributed by atoms with E-state index >= 15 is 0 Å². The van der Waals surface area contributed by atoms with Crippen LogP contribution in [0.15, 0.2) is 18.2 Å². The van der Waals surface area contributed by atoms with Gasteiger partial charge in [-0.15, -0.1) is 0 Å². The third-order valence-corrected chi connectivity index (χ3v) is 3.19. The molecule has 4 nitrogen and oxygen atoms in total. The van der Waals surface area contributed by atoms with Crippen molar-refractivity contribution < 1.29 is 14.3 Å². The van der Waals surface area contributed by atoms with Gasteiger partial charge in [0, 0.05) is 24.8 Å². The Morgan fingerprint density at radius 3 is 3.06 bits per heavy atom. The third-order valence-electron chi connectivity index (χ3n) is 3.19. The van der Waals surface area contributed by atoms with Crippen LogP contribution in [-0.2, 0) is 9.47 Å². The van der Waals surface area contributed by atoms with E-state index in [1.165, 1.54) is 7.11 Å². The Labute approximate surface area is 107 Å². The summed E-state index contributed by atoms with van der Waals surface area (Å²) in [5.41, 5.74) is 2.47. The van der Waals surface area contributed by atoms with Gasteiger partial charge in [0.25, 0.3) is 0 Å². The molecule has 1 aliphatic heterocycles. The largest absolute Gasteiger partial charge is 0.465 e. The zero-order valence-corrected chi connectivity index (χ0v) is 10.9. The van der Waals surface area contributed by atoms with Gasteiger partial charge in [-0.2, -0.15) is 0 Å². The predicted octanol–water partition coefficient (Wildman–Crippen LogP) is 2.23. The summed E-state index contributed by atoms with van der Waals surface area (Å²) in [6.45, 7) is 4.42. The minimum atomic E-state index is -0.302. The molecule has 4 heteroatoms. The number of carbonyl (C=O) groups is 1. The molecule has 1 heterocycles. The van der Waals surface area contributed by atoms with E-state index in [1.54, 1.807) is 0 Å². The van der Waals surface area contributed by atoms with Gasteiger partial charge in [0.15, 0.2) is 0 Å². The molecule has 0 saturated carbocycles. The average Bonchev–Trinajstić information content (AvgIpc) is 2.89. The number of esters is 1. The van der Waals surface area contributed by atoms with Gasteiger partial charge in [-0.1, -0.05) is 11.6 Å². The van der Waals surface area contributed by atoms with Crippen molar-refractivity contribution in [2.75, 3.05) is 32.2 Å². The van der Waals surface area contributed by atoms with Crippen LogP contribution in [0.4, 0.5) is 5.69 Å². The first-order chi connectivity index (χ1) is 8.70. The van der Waals surface area contributed by atoms with Crippen LogP contribution in [0.5, 0.6) is 0 Å². The second-order valence-corrected chi connectivity index (χ2v) is 4.65. The SMILES string of the molecule is COC(=O)c1cc(C)ccc1NCC1CCOC1. The van der Waals surface area contributed by atoms with E-state index < -0.39 is 0 Å². The van der Waals surface area contributed by atoms with Crippen molar-refractivity contribution in [1.29, 1.82) is 0 Å². The molecule has 1 aromatic carbocycles. The van der Waals surface area contributed by atoms with Gasteiger partial charge in [0.1, 0.15) is 0 Å². The first-order valence-electron chi connectivity index (χ1n) is 6.21. The van der Waals surface area contributed by atoms with E-state index in [-0.39, 0.29) is 5.97 Å². The van der Waals surface area contributed by atoms with Crippen molar-refractivity contribution in [2.24, 2.45) is 5.92 Å². The number of ether oxygens (including phenoxy) is 2. The number of hydrogen-bond donors (Lipinski definition) is 1. The summed E-state index contributed by atoms with van der Waals surface area (Å²) in [7, 11) is 1.40. The Hall–Kier alpha value is -1.55. The van der Waals surface area contributed by atoms with Crippen LogP contribution >= 0.6 is 0 Å². The van der Waals surface area contributed by atoms with Crippen molar-refractivity contribution in [1.82, 2.24) is 0 Å². The maximum absolute atomic E-state index is 11.7. The van der Waals surface area contributed by atoms with Crippen molar-refractivity contribution in [3.8, 4) is 0 Å². The third kappa shape index (κ3) is 3.01. The van der Waals surface area contributed by atoms with Crippen LogP contribution < -0.4 is 5.32 Å². The second kappa shape index (κ2) is 5.87. The number of aryl methyl sites for hydroxylation is 1. The van der Waals surface area contributed by atoms with Crippen LogP contribution in [0, 0.1) is 12.8 Å². The minimum Gasteiger partial charge on any atom is -0.465 e. The molecular weight excluding hydrogens is 230 g/mol. The fraction of sp³-hybridized carbons (Fsp3) is 0.500. The smallest absolute Gasteiger partial charge is 0.339 e. The summed E-state index contributed by atoms with van der Waals surface area (Å²) in [6, 6.07) is 5.76. The lowest BCUT2D eigenvalue weighted by molar-refractivity contribution is 0.0601. The van der Waals surface area contributed by atoms with E-state index in [0.717, 1.165) is 37.4 Å². The van der Waals surface area contributed by atoms with Gasteiger partial charge in [0.05, 0.1) is 19.3 Å². The lowest BCUT2D eigenvalue weighted by Gasteiger charge is -2.14. The number of anilines is 1. The van der Waals surface area contributed by atoms with Crippen molar-refractivity contribution in [3.63, 3.8) is 0 Å². The Bertz CT molecular complexity index is 425. The maximum atomic E-state index is 11.7. The number of rotatable bonds is 4. The van der Waals surface area contributed by atoms with Crippen LogP contribution in [0.1, 0.15) is 22.3 Å². The van der Waals surface area contributed by atoms with E-state index in [0.29, 0.717) is 11.5 Å². The molecule has 1 aliphatic rings. The molecule has 2 rings (SSSR count). The van der Waals surface area contributed by atoms with Gasteiger partial charge in [0.2, 0.25) is 0 Å². The number of methoxy groups -OCH3 is 1. The van der Waals surface area contributed by atoms with E-state index in [4.69, 9.17) is 9.47 Å². The van der Waals surface area contributed by atoms with Crippen molar-refractivity contribution in [3.05, 3.63) is 29.3 Å². The highest BCUT2D eigenvalue weighted by Crippen LogP contribution is 2.20.